The number of carbonyl (C=O) groups is 2. The summed E-state index contributed by atoms with van der Waals surface area (Å²) >= 11 is 6.13. The largest absolute Gasteiger partial charge is 0.348 e. The Hall–Kier alpha value is -2.33. The standard InChI is InChI=1S/C22H25ClN2O2/c1-2-19-11-5-6-13-25(19)22(27)17-10-7-9-16(14-17)21(26)24-15-18-8-3-4-12-20(18)23/h3-4,7-10,12,14,19H,2,5-6,11,13,15H2,1H3,(H,24,26). The first-order valence-corrected chi connectivity index (χ1v) is 9.90. The minimum absolute atomic E-state index is 0.0160. The van der Waals surface area contributed by atoms with Gasteiger partial charge in [0.25, 0.3) is 11.8 Å². The monoisotopic (exact) mass is 384 g/mol. The van der Waals surface area contributed by atoms with Crippen molar-refractivity contribution in [1.29, 1.82) is 0 Å². The van der Waals surface area contributed by atoms with Crippen molar-refractivity contribution < 1.29 is 9.59 Å². The Morgan fingerprint density at radius 2 is 1.89 bits per heavy atom. The molecule has 0 aromatic heterocycles. The van der Waals surface area contributed by atoms with Crippen molar-refractivity contribution in [2.24, 2.45) is 0 Å². The molecule has 142 valence electrons. The van der Waals surface area contributed by atoms with Gasteiger partial charge in [0.05, 0.1) is 0 Å². The highest BCUT2D eigenvalue weighted by Gasteiger charge is 2.26. The van der Waals surface area contributed by atoms with Crippen LogP contribution in [0.2, 0.25) is 5.02 Å². The van der Waals surface area contributed by atoms with Gasteiger partial charge < -0.3 is 10.2 Å². The molecule has 5 heteroatoms. The van der Waals surface area contributed by atoms with Crippen LogP contribution in [0.4, 0.5) is 0 Å². The van der Waals surface area contributed by atoms with Gasteiger partial charge in [-0.2, -0.15) is 0 Å². The molecule has 1 fully saturated rings. The summed E-state index contributed by atoms with van der Waals surface area (Å²) < 4.78 is 0. The molecular formula is C22H25ClN2O2. The van der Waals surface area contributed by atoms with Crippen LogP contribution in [0.15, 0.2) is 48.5 Å². The first-order valence-electron chi connectivity index (χ1n) is 9.52. The van der Waals surface area contributed by atoms with E-state index < -0.39 is 0 Å². The van der Waals surface area contributed by atoms with E-state index in [-0.39, 0.29) is 11.8 Å². The lowest BCUT2D eigenvalue weighted by Gasteiger charge is -2.35. The van der Waals surface area contributed by atoms with Crippen molar-refractivity contribution in [3.63, 3.8) is 0 Å². The van der Waals surface area contributed by atoms with E-state index in [2.05, 4.69) is 12.2 Å². The third-order valence-corrected chi connectivity index (χ3v) is 5.50. The number of nitrogens with one attached hydrogen (secondary N) is 1. The van der Waals surface area contributed by atoms with Gasteiger partial charge in [-0.1, -0.05) is 42.8 Å². The number of nitrogens with zero attached hydrogens (tertiary/aromatic N) is 1. The topological polar surface area (TPSA) is 49.4 Å². The number of rotatable bonds is 5. The van der Waals surface area contributed by atoms with Gasteiger partial charge in [-0.15, -0.1) is 0 Å². The molecule has 0 bridgehead atoms. The first kappa shape index (κ1) is 19.4. The third-order valence-electron chi connectivity index (χ3n) is 5.13. The van der Waals surface area contributed by atoms with Crippen LogP contribution in [0, 0.1) is 0 Å². The van der Waals surface area contributed by atoms with Gasteiger partial charge in [0.2, 0.25) is 0 Å². The number of carbonyl (C=O) groups excluding carboxylic acids is 2. The van der Waals surface area contributed by atoms with E-state index in [0.717, 1.165) is 31.4 Å². The van der Waals surface area contributed by atoms with Crippen LogP contribution in [0.1, 0.15) is 58.9 Å². The van der Waals surface area contributed by atoms with Crippen LogP contribution in [0.5, 0.6) is 0 Å². The first-order chi connectivity index (χ1) is 13.1. The van der Waals surface area contributed by atoms with Crippen molar-refractivity contribution in [3.05, 3.63) is 70.2 Å². The number of hydrogen-bond donors (Lipinski definition) is 1. The van der Waals surface area contributed by atoms with E-state index in [0.29, 0.717) is 28.7 Å². The van der Waals surface area contributed by atoms with E-state index in [9.17, 15) is 9.59 Å². The SMILES string of the molecule is CCC1CCCCN1C(=O)c1cccc(C(=O)NCc2ccccc2Cl)c1. The molecule has 2 amide bonds. The molecule has 1 heterocycles. The van der Waals surface area contributed by atoms with Crippen molar-refractivity contribution in [2.75, 3.05) is 6.54 Å². The van der Waals surface area contributed by atoms with Crippen LogP contribution >= 0.6 is 11.6 Å². The predicted octanol–water partition coefficient (Wildman–Crippen LogP) is 4.67. The Balaban J connectivity index is 1.70. The van der Waals surface area contributed by atoms with Crippen LogP contribution in [0.25, 0.3) is 0 Å². The Bertz CT molecular complexity index is 821. The number of hydrogen-bond acceptors (Lipinski definition) is 2. The average Bonchev–Trinajstić information content (AvgIpc) is 2.72. The molecule has 1 unspecified atom stereocenters. The van der Waals surface area contributed by atoms with E-state index in [1.54, 1.807) is 30.3 Å². The molecule has 0 aliphatic carbocycles. The molecule has 1 N–H and O–H groups in total. The van der Waals surface area contributed by atoms with Gasteiger partial charge in [-0.3, -0.25) is 9.59 Å². The normalized spacial score (nSPS) is 16.8. The fourth-order valence-electron chi connectivity index (χ4n) is 3.57. The Morgan fingerprint density at radius 1 is 1.11 bits per heavy atom. The van der Waals surface area contributed by atoms with Crippen molar-refractivity contribution >= 4 is 23.4 Å². The van der Waals surface area contributed by atoms with Crippen LogP contribution in [0.3, 0.4) is 0 Å². The van der Waals surface area contributed by atoms with Gasteiger partial charge in [-0.05, 0) is 55.5 Å². The minimum atomic E-state index is -0.213. The molecule has 1 atom stereocenters. The summed E-state index contributed by atoms with van der Waals surface area (Å²) in [6, 6.07) is 14.7. The average molecular weight is 385 g/mol. The van der Waals surface area contributed by atoms with Crippen LogP contribution in [-0.4, -0.2) is 29.3 Å². The van der Waals surface area contributed by atoms with Crippen molar-refractivity contribution in [3.8, 4) is 0 Å². The van der Waals surface area contributed by atoms with Crippen LogP contribution in [-0.2, 0) is 6.54 Å². The van der Waals surface area contributed by atoms with Gasteiger partial charge in [0.15, 0.2) is 0 Å². The van der Waals surface area contributed by atoms with Gasteiger partial charge in [0.1, 0.15) is 0 Å². The van der Waals surface area contributed by atoms with Crippen molar-refractivity contribution in [1.82, 2.24) is 10.2 Å². The summed E-state index contributed by atoms with van der Waals surface area (Å²) in [6.45, 7) is 3.26. The quantitative estimate of drug-likeness (QED) is 0.813. The molecular weight excluding hydrogens is 360 g/mol. The van der Waals surface area contributed by atoms with Crippen LogP contribution < -0.4 is 5.32 Å². The molecule has 2 aromatic carbocycles. The van der Waals surface area contributed by atoms with Gasteiger partial charge >= 0.3 is 0 Å². The number of piperidine rings is 1. The number of amides is 2. The molecule has 0 radical (unpaired) electrons. The molecule has 0 saturated carbocycles. The maximum atomic E-state index is 12.9. The summed E-state index contributed by atoms with van der Waals surface area (Å²) in [6.07, 6.45) is 4.23. The van der Waals surface area contributed by atoms with Gasteiger partial charge in [-0.25, -0.2) is 0 Å². The van der Waals surface area contributed by atoms with E-state index in [1.807, 2.05) is 23.1 Å². The van der Waals surface area contributed by atoms with E-state index >= 15 is 0 Å². The fraction of sp³-hybridized carbons (Fsp3) is 0.364. The van der Waals surface area contributed by atoms with Gasteiger partial charge in [0, 0.05) is 35.3 Å². The molecule has 1 aliphatic rings. The summed E-state index contributed by atoms with van der Waals surface area (Å²) in [7, 11) is 0. The zero-order valence-electron chi connectivity index (χ0n) is 15.6. The lowest BCUT2D eigenvalue weighted by atomic mass is 9.98. The third kappa shape index (κ3) is 4.69. The number of benzene rings is 2. The van der Waals surface area contributed by atoms with E-state index in [4.69, 9.17) is 11.6 Å². The highest BCUT2D eigenvalue weighted by Crippen LogP contribution is 2.22. The smallest absolute Gasteiger partial charge is 0.254 e. The van der Waals surface area contributed by atoms with Crippen molar-refractivity contribution in [2.45, 2.75) is 45.2 Å². The summed E-state index contributed by atoms with van der Waals surface area (Å²) in [5.41, 5.74) is 1.91. The zero-order valence-corrected chi connectivity index (χ0v) is 16.3. The maximum Gasteiger partial charge on any atom is 0.254 e. The number of likely N-dealkylation sites (tertiary alicyclic amines) is 1. The molecule has 3 rings (SSSR count). The highest BCUT2D eigenvalue weighted by atomic mass is 35.5. The summed E-state index contributed by atoms with van der Waals surface area (Å²) in [4.78, 5) is 27.4. The second-order valence-electron chi connectivity index (χ2n) is 6.91. The summed E-state index contributed by atoms with van der Waals surface area (Å²) in [5, 5.41) is 3.50. The lowest BCUT2D eigenvalue weighted by Crippen LogP contribution is -2.43. The Labute approximate surface area is 165 Å². The molecule has 4 nitrogen and oxygen atoms in total. The molecule has 2 aromatic rings. The second-order valence-corrected chi connectivity index (χ2v) is 7.32. The Morgan fingerprint density at radius 3 is 2.67 bits per heavy atom. The maximum absolute atomic E-state index is 12.9. The lowest BCUT2D eigenvalue weighted by molar-refractivity contribution is 0.0608. The molecule has 27 heavy (non-hydrogen) atoms. The molecule has 0 spiro atoms. The fourth-order valence-corrected chi connectivity index (χ4v) is 3.77. The number of halogens is 1. The Kier molecular flexibility index (Phi) is 6.51. The predicted molar refractivity (Wildman–Crippen MR) is 108 cm³/mol. The zero-order chi connectivity index (χ0) is 19.2. The molecule has 1 saturated heterocycles. The second kappa shape index (κ2) is 9.05. The molecule has 1 aliphatic heterocycles. The highest BCUT2D eigenvalue weighted by molar-refractivity contribution is 6.31. The van der Waals surface area contributed by atoms with E-state index in [1.165, 1.54) is 6.42 Å². The summed E-state index contributed by atoms with van der Waals surface area (Å²) in [5.74, 6) is -0.197. The minimum Gasteiger partial charge on any atom is -0.348 e.